The Morgan fingerprint density at radius 3 is 2.22 bits per heavy atom. The van der Waals surface area contributed by atoms with Gasteiger partial charge in [0.2, 0.25) is 5.75 Å². The lowest BCUT2D eigenvalue weighted by molar-refractivity contribution is 0.323. The van der Waals surface area contributed by atoms with Gasteiger partial charge in [-0.1, -0.05) is 12.2 Å². The van der Waals surface area contributed by atoms with Gasteiger partial charge >= 0.3 is 0 Å². The van der Waals surface area contributed by atoms with Gasteiger partial charge in [-0.15, -0.1) is 0 Å². The number of hydrogen-bond acceptors (Lipinski definition) is 4. The van der Waals surface area contributed by atoms with E-state index < -0.39 is 0 Å². The Kier molecular flexibility index (Phi) is 8.42. The fourth-order valence-corrected chi connectivity index (χ4v) is 2.08. The molecule has 0 spiro atoms. The molecule has 0 saturated heterocycles. The van der Waals surface area contributed by atoms with Crippen LogP contribution in [0.2, 0.25) is 0 Å². The number of aliphatic imine (C=N–C) groups is 1. The summed E-state index contributed by atoms with van der Waals surface area (Å²) in [5.74, 6) is 2.62. The summed E-state index contributed by atoms with van der Waals surface area (Å²) >= 11 is 0. The van der Waals surface area contributed by atoms with E-state index in [1.807, 2.05) is 25.1 Å². The highest BCUT2D eigenvalue weighted by Crippen LogP contribution is 2.38. The van der Waals surface area contributed by atoms with Crippen LogP contribution < -0.4 is 24.8 Å². The van der Waals surface area contributed by atoms with Crippen molar-refractivity contribution in [3.05, 3.63) is 29.8 Å². The molecule has 6 heteroatoms. The van der Waals surface area contributed by atoms with Crippen LogP contribution in [0.15, 0.2) is 29.3 Å². The van der Waals surface area contributed by atoms with E-state index in [-0.39, 0.29) is 0 Å². The van der Waals surface area contributed by atoms with E-state index in [9.17, 15) is 0 Å². The zero-order valence-corrected chi connectivity index (χ0v) is 14.6. The van der Waals surface area contributed by atoms with Crippen LogP contribution >= 0.6 is 0 Å². The molecule has 0 aliphatic carbocycles. The zero-order chi connectivity index (χ0) is 17.1. The van der Waals surface area contributed by atoms with E-state index >= 15 is 0 Å². The van der Waals surface area contributed by atoms with Crippen molar-refractivity contribution in [1.29, 1.82) is 0 Å². The molecule has 2 N–H and O–H groups in total. The summed E-state index contributed by atoms with van der Waals surface area (Å²) in [6.07, 6.45) is 5.11. The minimum Gasteiger partial charge on any atom is -0.493 e. The first kappa shape index (κ1) is 18.7. The fourth-order valence-electron chi connectivity index (χ4n) is 2.08. The summed E-state index contributed by atoms with van der Waals surface area (Å²) in [5, 5.41) is 6.52. The number of guanidine groups is 1. The molecule has 0 amide bonds. The van der Waals surface area contributed by atoms with Gasteiger partial charge in [-0.25, -0.2) is 0 Å². The van der Waals surface area contributed by atoms with Crippen LogP contribution in [0, 0.1) is 0 Å². The first-order valence-corrected chi connectivity index (χ1v) is 7.54. The van der Waals surface area contributed by atoms with Gasteiger partial charge in [-0.2, -0.15) is 0 Å². The van der Waals surface area contributed by atoms with E-state index in [0.29, 0.717) is 23.8 Å². The van der Waals surface area contributed by atoms with Crippen LogP contribution in [0.1, 0.15) is 18.9 Å². The number of allylic oxidation sites excluding steroid dienone is 1. The molecule has 0 unspecified atom stereocenters. The lowest BCUT2D eigenvalue weighted by Crippen LogP contribution is -2.37. The van der Waals surface area contributed by atoms with Gasteiger partial charge in [0.1, 0.15) is 0 Å². The SMILES string of the molecule is CC=CCCNC(=NC)NCc1cc(OC)c(OC)c(OC)c1. The average molecular weight is 321 g/mol. The molecule has 1 rings (SSSR count). The van der Waals surface area contributed by atoms with Gasteiger partial charge in [0, 0.05) is 20.1 Å². The minimum absolute atomic E-state index is 0.590. The highest BCUT2D eigenvalue weighted by molar-refractivity contribution is 5.79. The van der Waals surface area contributed by atoms with Crippen molar-refractivity contribution in [3.8, 4) is 17.2 Å². The third-order valence-corrected chi connectivity index (χ3v) is 3.25. The van der Waals surface area contributed by atoms with E-state index in [4.69, 9.17) is 14.2 Å². The van der Waals surface area contributed by atoms with Crippen molar-refractivity contribution in [2.24, 2.45) is 4.99 Å². The molecule has 23 heavy (non-hydrogen) atoms. The molecule has 0 heterocycles. The molecule has 1 aromatic rings. The minimum atomic E-state index is 0.590. The van der Waals surface area contributed by atoms with Crippen LogP contribution in [0.3, 0.4) is 0 Å². The predicted octanol–water partition coefficient (Wildman–Crippen LogP) is 2.34. The maximum atomic E-state index is 5.36. The number of nitrogens with zero attached hydrogens (tertiary/aromatic N) is 1. The second-order valence-corrected chi connectivity index (χ2v) is 4.74. The summed E-state index contributed by atoms with van der Waals surface area (Å²) < 4.78 is 16.0. The normalized spacial score (nSPS) is 11.4. The molecule has 0 fully saturated rings. The van der Waals surface area contributed by atoms with Crippen molar-refractivity contribution >= 4 is 5.96 Å². The molecule has 0 atom stereocenters. The topological polar surface area (TPSA) is 64.1 Å². The molecule has 0 aromatic heterocycles. The fraction of sp³-hybridized carbons (Fsp3) is 0.471. The van der Waals surface area contributed by atoms with Crippen LogP contribution in [-0.4, -0.2) is 40.9 Å². The van der Waals surface area contributed by atoms with Crippen LogP contribution in [0.4, 0.5) is 0 Å². The number of ether oxygens (including phenoxy) is 3. The Balaban J connectivity index is 2.72. The lowest BCUT2D eigenvalue weighted by atomic mass is 10.2. The molecule has 128 valence electrons. The molecule has 1 aromatic carbocycles. The van der Waals surface area contributed by atoms with Crippen LogP contribution in [-0.2, 0) is 6.54 Å². The number of methoxy groups -OCH3 is 3. The van der Waals surface area contributed by atoms with Gasteiger partial charge in [0.05, 0.1) is 21.3 Å². The highest BCUT2D eigenvalue weighted by Gasteiger charge is 2.13. The third kappa shape index (κ3) is 5.73. The van der Waals surface area contributed by atoms with Crippen molar-refractivity contribution < 1.29 is 14.2 Å². The number of benzene rings is 1. The summed E-state index contributed by atoms with van der Waals surface area (Å²) in [6.45, 7) is 3.44. The first-order valence-electron chi connectivity index (χ1n) is 7.54. The molecule has 0 aliphatic rings. The average Bonchev–Trinajstić information content (AvgIpc) is 2.59. The second-order valence-electron chi connectivity index (χ2n) is 4.74. The van der Waals surface area contributed by atoms with Gasteiger partial charge < -0.3 is 24.8 Å². The quantitative estimate of drug-likeness (QED) is 0.333. The number of rotatable bonds is 8. The Bertz CT molecular complexity index is 517. The standard InChI is InChI=1S/C17H27N3O3/c1-6-7-8-9-19-17(18-2)20-12-13-10-14(21-3)16(23-5)15(11-13)22-4/h6-7,10-11H,8-9,12H2,1-5H3,(H2,18,19,20). The van der Waals surface area contributed by atoms with Crippen LogP contribution in [0.25, 0.3) is 0 Å². The van der Waals surface area contributed by atoms with E-state index in [2.05, 4.69) is 21.7 Å². The number of hydrogen-bond donors (Lipinski definition) is 2. The number of nitrogens with one attached hydrogen (secondary N) is 2. The zero-order valence-electron chi connectivity index (χ0n) is 14.6. The molecular formula is C17H27N3O3. The summed E-state index contributed by atoms with van der Waals surface area (Å²) in [6, 6.07) is 3.84. The summed E-state index contributed by atoms with van der Waals surface area (Å²) in [4.78, 5) is 4.20. The second kappa shape index (κ2) is 10.4. The molecule has 0 radical (unpaired) electrons. The molecule has 6 nitrogen and oxygen atoms in total. The Labute approximate surface area is 138 Å². The molecule has 0 bridgehead atoms. The maximum Gasteiger partial charge on any atom is 0.203 e. The van der Waals surface area contributed by atoms with Crippen molar-refractivity contribution in [3.63, 3.8) is 0 Å². The Hall–Kier alpha value is -2.37. The summed E-state index contributed by atoms with van der Waals surface area (Å²) in [5.41, 5.74) is 1.01. The van der Waals surface area contributed by atoms with E-state index in [1.165, 1.54) is 0 Å². The van der Waals surface area contributed by atoms with Crippen molar-refractivity contribution in [1.82, 2.24) is 10.6 Å². The largest absolute Gasteiger partial charge is 0.493 e. The smallest absolute Gasteiger partial charge is 0.203 e. The van der Waals surface area contributed by atoms with Crippen molar-refractivity contribution in [2.75, 3.05) is 34.9 Å². The monoisotopic (exact) mass is 321 g/mol. The van der Waals surface area contributed by atoms with Gasteiger partial charge in [-0.3, -0.25) is 4.99 Å². The predicted molar refractivity (Wildman–Crippen MR) is 93.7 cm³/mol. The third-order valence-electron chi connectivity index (χ3n) is 3.25. The lowest BCUT2D eigenvalue weighted by Gasteiger charge is -2.15. The first-order chi connectivity index (χ1) is 11.2. The van der Waals surface area contributed by atoms with E-state index in [1.54, 1.807) is 28.4 Å². The molecular weight excluding hydrogens is 294 g/mol. The highest BCUT2D eigenvalue weighted by atomic mass is 16.5. The molecule has 0 saturated carbocycles. The Morgan fingerprint density at radius 2 is 1.74 bits per heavy atom. The molecule has 0 aliphatic heterocycles. The van der Waals surface area contributed by atoms with Gasteiger partial charge in [0.15, 0.2) is 17.5 Å². The van der Waals surface area contributed by atoms with Crippen LogP contribution in [0.5, 0.6) is 17.2 Å². The van der Waals surface area contributed by atoms with E-state index in [0.717, 1.165) is 24.5 Å². The maximum absolute atomic E-state index is 5.36. The van der Waals surface area contributed by atoms with Gasteiger partial charge in [0.25, 0.3) is 0 Å². The Morgan fingerprint density at radius 1 is 1.09 bits per heavy atom. The summed E-state index contributed by atoms with van der Waals surface area (Å²) in [7, 11) is 6.56. The van der Waals surface area contributed by atoms with Crippen molar-refractivity contribution in [2.45, 2.75) is 19.9 Å². The van der Waals surface area contributed by atoms with Gasteiger partial charge in [-0.05, 0) is 31.0 Å².